The summed E-state index contributed by atoms with van der Waals surface area (Å²) in [6.07, 6.45) is 4.75. The molecule has 0 bridgehead atoms. The van der Waals surface area contributed by atoms with Gasteiger partial charge >= 0.3 is 0 Å². The number of rotatable bonds is 4. The molecule has 1 aromatic rings. The maximum atomic E-state index is 13.6. The summed E-state index contributed by atoms with van der Waals surface area (Å²) in [6.45, 7) is 2.65. The third kappa shape index (κ3) is 3.30. The zero-order valence-electron chi connectivity index (χ0n) is 11.2. The van der Waals surface area contributed by atoms with Gasteiger partial charge in [0.25, 0.3) is 0 Å². The zero-order chi connectivity index (χ0) is 13.0. The Bertz CT molecular complexity index is 388. The first-order chi connectivity index (χ1) is 8.70. The summed E-state index contributed by atoms with van der Waals surface area (Å²) >= 11 is 0. The van der Waals surface area contributed by atoms with Crippen molar-refractivity contribution < 1.29 is 9.13 Å². The molecule has 0 aromatic heterocycles. The summed E-state index contributed by atoms with van der Waals surface area (Å²) < 4.78 is 19.3. The minimum Gasteiger partial charge on any atom is -0.378 e. The Morgan fingerprint density at radius 2 is 2.28 bits per heavy atom. The summed E-state index contributed by atoms with van der Waals surface area (Å²) in [5, 5.41) is 3.27. The van der Waals surface area contributed by atoms with Gasteiger partial charge in [0.05, 0.1) is 6.10 Å². The molecule has 3 heteroatoms. The highest BCUT2D eigenvalue weighted by molar-refractivity contribution is 5.25. The van der Waals surface area contributed by atoms with Crippen molar-refractivity contribution in [2.75, 3.05) is 13.7 Å². The van der Waals surface area contributed by atoms with E-state index in [1.54, 1.807) is 13.0 Å². The fraction of sp³-hybridized carbons (Fsp3) is 0.600. The predicted molar refractivity (Wildman–Crippen MR) is 71.1 cm³/mol. The predicted octanol–water partition coefficient (Wildman–Crippen LogP) is 3.35. The van der Waals surface area contributed by atoms with Crippen LogP contribution in [0.2, 0.25) is 0 Å². The molecule has 1 aliphatic heterocycles. The summed E-state index contributed by atoms with van der Waals surface area (Å²) in [5.74, 6) is -0.127. The van der Waals surface area contributed by atoms with Crippen molar-refractivity contribution in [3.8, 4) is 0 Å². The number of hydrogen-bond donors (Lipinski definition) is 1. The average Bonchev–Trinajstić information content (AvgIpc) is 2.40. The van der Waals surface area contributed by atoms with Crippen LogP contribution in [0.1, 0.15) is 42.9 Å². The molecule has 2 nitrogen and oxygen atoms in total. The Morgan fingerprint density at radius 3 is 2.89 bits per heavy atom. The standard InChI is InChI=1S/C15H22FNO/c1-11-6-7-12(9-14(11)16)15(17-2)10-13-5-3-4-8-18-13/h6-7,9,13,15,17H,3-5,8,10H2,1-2H3. The normalized spacial score (nSPS) is 21.8. The number of benzene rings is 1. The molecule has 1 N–H and O–H groups in total. The van der Waals surface area contributed by atoms with E-state index in [0.717, 1.165) is 25.0 Å². The van der Waals surface area contributed by atoms with Crippen LogP contribution in [-0.4, -0.2) is 19.8 Å². The molecule has 1 heterocycles. The van der Waals surface area contributed by atoms with Crippen LogP contribution >= 0.6 is 0 Å². The second kappa shape index (κ2) is 6.30. The van der Waals surface area contributed by atoms with E-state index in [-0.39, 0.29) is 11.9 Å². The highest BCUT2D eigenvalue weighted by Crippen LogP contribution is 2.25. The van der Waals surface area contributed by atoms with Crippen molar-refractivity contribution in [1.82, 2.24) is 5.32 Å². The van der Waals surface area contributed by atoms with Gasteiger partial charge in [0.1, 0.15) is 5.82 Å². The van der Waals surface area contributed by atoms with Gasteiger partial charge in [-0.15, -0.1) is 0 Å². The van der Waals surface area contributed by atoms with Crippen LogP contribution in [0.15, 0.2) is 18.2 Å². The molecular weight excluding hydrogens is 229 g/mol. The molecular formula is C15H22FNO. The minimum atomic E-state index is -0.127. The van der Waals surface area contributed by atoms with Gasteiger partial charge in [-0.3, -0.25) is 0 Å². The summed E-state index contributed by atoms with van der Waals surface area (Å²) in [5.41, 5.74) is 1.71. The molecule has 18 heavy (non-hydrogen) atoms. The van der Waals surface area contributed by atoms with Crippen LogP contribution in [0.25, 0.3) is 0 Å². The SMILES string of the molecule is CNC(CC1CCCCO1)c1ccc(C)c(F)c1. The first-order valence-electron chi connectivity index (χ1n) is 6.75. The van der Waals surface area contributed by atoms with Gasteiger partial charge in [-0.2, -0.15) is 0 Å². The Balaban J connectivity index is 2.04. The van der Waals surface area contributed by atoms with Gasteiger partial charge in [-0.1, -0.05) is 12.1 Å². The topological polar surface area (TPSA) is 21.3 Å². The van der Waals surface area contributed by atoms with Crippen molar-refractivity contribution in [3.05, 3.63) is 35.1 Å². The number of nitrogens with one attached hydrogen (secondary N) is 1. The second-order valence-electron chi connectivity index (χ2n) is 5.07. The zero-order valence-corrected chi connectivity index (χ0v) is 11.2. The molecule has 0 aliphatic carbocycles. The second-order valence-corrected chi connectivity index (χ2v) is 5.07. The van der Waals surface area contributed by atoms with Gasteiger partial charge in [0.2, 0.25) is 0 Å². The average molecular weight is 251 g/mol. The number of halogens is 1. The molecule has 0 spiro atoms. The molecule has 100 valence electrons. The summed E-state index contributed by atoms with van der Waals surface area (Å²) in [7, 11) is 1.92. The molecule has 2 unspecified atom stereocenters. The van der Waals surface area contributed by atoms with E-state index in [2.05, 4.69) is 5.32 Å². The molecule has 0 radical (unpaired) electrons. The van der Waals surface area contributed by atoms with Crippen LogP contribution < -0.4 is 5.32 Å². The van der Waals surface area contributed by atoms with Gasteiger partial charge in [0, 0.05) is 12.6 Å². The lowest BCUT2D eigenvalue weighted by Crippen LogP contribution is -2.27. The van der Waals surface area contributed by atoms with E-state index in [1.165, 1.54) is 12.8 Å². The van der Waals surface area contributed by atoms with Gasteiger partial charge < -0.3 is 10.1 Å². The first kappa shape index (κ1) is 13.5. The van der Waals surface area contributed by atoms with E-state index in [9.17, 15) is 4.39 Å². The third-order valence-electron chi connectivity index (χ3n) is 3.72. The number of ether oxygens (including phenoxy) is 1. The van der Waals surface area contributed by atoms with Crippen LogP contribution in [0.4, 0.5) is 4.39 Å². The molecule has 1 saturated heterocycles. The largest absolute Gasteiger partial charge is 0.378 e. The Labute approximate surface area is 109 Å². The van der Waals surface area contributed by atoms with Crippen LogP contribution in [-0.2, 0) is 4.74 Å². The molecule has 0 amide bonds. The van der Waals surface area contributed by atoms with Crippen molar-refractivity contribution in [3.63, 3.8) is 0 Å². The van der Waals surface area contributed by atoms with Crippen molar-refractivity contribution in [2.24, 2.45) is 0 Å². The fourth-order valence-corrected chi connectivity index (χ4v) is 2.50. The fourth-order valence-electron chi connectivity index (χ4n) is 2.50. The number of hydrogen-bond acceptors (Lipinski definition) is 2. The van der Waals surface area contributed by atoms with Gasteiger partial charge in [0.15, 0.2) is 0 Å². The lowest BCUT2D eigenvalue weighted by molar-refractivity contribution is 0.00546. The highest BCUT2D eigenvalue weighted by Gasteiger charge is 2.20. The lowest BCUT2D eigenvalue weighted by Gasteiger charge is -2.27. The van der Waals surface area contributed by atoms with Crippen LogP contribution in [0.3, 0.4) is 0 Å². The van der Waals surface area contributed by atoms with E-state index < -0.39 is 0 Å². The Morgan fingerprint density at radius 1 is 1.44 bits per heavy atom. The Kier molecular flexibility index (Phi) is 4.72. The van der Waals surface area contributed by atoms with Gasteiger partial charge in [-0.25, -0.2) is 4.39 Å². The summed E-state index contributed by atoms with van der Waals surface area (Å²) in [4.78, 5) is 0. The highest BCUT2D eigenvalue weighted by atomic mass is 19.1. The third-order valence-corrected chi connectivity index (χ3v) is 3.72. The van der Waals surface area contributed by atoms with E-state index in [0.29, 0.717) is 11.7 Å². The van der Waals surface area contributed by atoms with Crippen molar-refractivity contribution >= 4 is 0 Å². The van der Waals surface area contributed by atoms with Gasteiger partial charge in [-0.05, 0) is 56.8 Å². The van der Waals surface area contributed by atoms with Crippen LogP contribution in [0, 0.1) is 12.7 Å². The van der Waals surface area contributed by atoms with E-state index in [4.69, 9.17) is 4.74 Å². The maximum Gasteiger partial charge on any atom is 0.126 e. The van der Waals surface area contributed by atoms with E-state index >= 15 is 0 Å². The quantitative estimate of drug-likeness (QED) is 0.886. The minimum absolute atomic E-state index is 0.127. The molecule has 1 aliphatic rings. The van der Waals surface area contributed by atoms with E-state index in [1.807, 2.05) is 19.2 Å². The maximum absolute atomic E-state index is 13.6. The molecule has 2 rings (SSSR count). The Hall–Kier alpha value is -0.930. The first-order valence-corrected chi connectivity index (χ1v) is 6.75. The number of aryl methyl sites for hydroxylation is 1. The molecule has 1 fully saturated rings. The van der Waals surface area contributed by atoms with Crippen molar-refractivity contribution in [2.45, 2.75) is 44.8 Å². The summed E-state index contributed by atoms with van der Waals surface area (Å²) in [6, 6.07) is 5.65. The molecule has 2 atom stereocenters. The molecule has 1 aromatic carbocycles. The molecule has 0 saturated carbocycles. The van der Waals surface area contributed by atoms with Crippen LogP contribution in [0.5, 0.6) is 0 Å². The smallest absolute Gasteiger partial charge is 0.126 e. The lowest BCUT2D eigenvalue weighted by atomic mass is 9.96. The monoisotopic (exact) mass is 251 g/mol. The van der Waals surface area contributed by atoms with Crippen molar-refractivity contribution in [1.29, 1.82) is 0 Å².